The van der Waals surface area contributed by atoms with Gasteiger partial charge in [-0.2, -0.15) is 0 Å². The Hall–Kier alpha value is -1.36. The quantitative estimate of drug-likeness (QED) is 0.631. The Balaban J connectivity index is 2.42. The number of para-hydroxylation sites is 1. The third kappa shape index (κ3) is 2.27. The highest BCUT2D eigenvalue weighted by molar-refractivity contribution is 5.81. The van der Waals surface area contributed by atoms with E-state index in [2.05, 4.69) is 12.3 Å². The van der Waals surface area contributed by atoms with Gasteiger partial charge < -0.3 is 9.15 Å². The second-order valence-electron chi connectivity index (χ2n) is 4.47. The summed E-state index contributed by atoms with van der Waals surface area (Å²) in [5.41, 5.74) is 4.82. The minimum absolute atomic E-state index is 0.00383. The van der Waals surface area contributed by atoms with Crippen molar-refractivity contribution in [3.63, 3.8) is 0 Å². The summed E-state index contributed by atoms with van der Waals surface area (Å²) in [5.74, 6) is 6.44. The Morgan fingerprint density at radius 3 is 2.78 bits per heavy atom. The molecule has 0 fully saturated rings. The molecule has 2 aromatic rings. The number of rotatable bonds is 5. The van der Waals surface area contributed by atoms with E-state index in [1.165, 1.54) is 0 Å². The van der Waals surface area contributed by atoms with Crippen LogP contribution >= 0.6 is 0 Å². The number of benzene rings is 1. The molecule has 2 atom stereocenters. The van der Waals surface area contributed by atoms with Gasteiger partial charge in [-0.1, -0.05) is 25.1 Å². The summed E-state index contributed by atoms with van der Waals surface area (Å²) >= 11 is 0. The first-order valence-electron chi connectivity index (χ1n) is 6.19. The van der Waals surface area contributed by atoms with Crippen LogP contribution in [0.2, 0.25) is 0 Å². The molecule has 0 spiro atoms. The molecule has 2 unspecified atom stereocenters. The molecule has 0 amide bonds. The third-order valence-corrected chi connectivity index (χ3v) is 3.32. The zero-order valence-corrected chi connectivity index (χ0v) is 11.1. The number of nitrogens with two attached hydrogens (primary N) is 1. The van der Waals surface area contributed by atoms with Crippen LogP contribution in [0.4, 0.5) is 0 Å². The minimum Gasteiger partial charge on any atom is -0.459 e. The van der Waals surface area contributed by atoms with E-state index in [1.807, 2.05) is 31.2 Å². The summed E-state index contributed by atoms with van der Waals surface area (Å²) < 4.78 is 11.3. The van der Waals surface area contributed by atoms with Crippen molar-refractivity contribution in [1.29, 1.82) is 0 Å². The van der Waals surface area contributed by atoms with Crippen LogP contribution in [0.25, 0.3) is 11.0 Å². The van der Waals surface area contributed by atoms with Crippen molar-refractivity contribution >= 4 is 11.0 Å². The third-order valence-electron chi connectivity index (χ3n) is 3.32. The molecule has 0 bridgehead atoms. The summed E-state index contributed by atoms with van der Waals surface area (Å²) in [4.78, 5) is 0. The van der Waals surface area contributed by atoms with E-state index in [4.69, 9.17) is 15.0 Å². The Morgan fingerprint density at radius 1 is 1.44 bits per heavy atom. The maximum atomic E-state index is 5.91. The number of aryl methyl sites for hydroxylation is 1. The Bertz CT molecular complexity index is 517. The van der Waals surface area contributed by atoms with Gasteiger partial charge in [0.1, 0.15) is 17.4 Å². The van der Waals surface area contributed by atoms with Gasteiger partial charge in [0.2, 0.25) is 0 Å². The van der Waals surface area contributed by atoms with Crippen LogP contribution in [0.15, 0.2) is 28.7 Å². The lowest BCUT2D eigenvalue weighted by Gasteiger charge is -2.22. The van der Waals surface area contributed by atoms with Gasteiger partial charge in [-0.25, -0.2) is 5.43 Å². The second-order valence-corrected chi connectivity index (χ2v) is 4.47. The molecule has 0 aliphatic heterocycles. The zero-order valence-electron chi connectivity index (χ0n) is 11.1. The van der Waals surface area contributed by atoms with Crippen LogP contribution in [0.1, 0.15) is 30.7 Å². The van der Waals surface area contributed by atoms with Crippen LogP contribution in [0, 0.1) is 6.92 Å². The molecule has 1 aromatic heterocycles. The lowest BCUT2D eigenvalue weighted by molar-refractivity contribution is 0.0585. The second kappa shape index (κ2) is 5.52. The van der Waals surface area contributed by atoms with Crippen LogP contribution < -0.4 is 11.3 Å². The number of hydrogen-bond donors (Lipinski definition) is 2. The number of methoxy groups -OCH3 is 1. The molecule has 0 aliphatic rings. The molecule has 18 heavy (non-hydrogen) atoms. The van der Waals surface area contributed by atoms with Crippen LogP contribution in [-0.2, 0) is 4.74 Å². The molecule has 2 rings (SSSR count). The van der Waals surface area contributed by atoms with Crippen molar-refractivity contribution in [2.24, 2.45) is 5.84 Å². The highest BCUT2D eigenvalue weighted by Crippen LogP contribution is 2.29. The largest absolute Gasteiger partial charge is 0.459 e. The predicted octanol–water partition coefficient (Wildman–Crippen LogP) is 2.67. The van der Waals surface area contributed by atoms with Crippen molar-refractivity contribution in [1.82, 2.24) is 5.43 Å². The molecule has 4 heteroatoms. The standard InChI is InChI=1S/C14H20N2O2/c1-4-11(17-3)13(16-15)12-8-10-7-5-6-9(2)14(10)18-12/h5-8,11,13,16H,4,15H2,1-3H3. The van der Waals surface area contributed by atoms with E-state index in [1.54, 1.807) is 7.11 Å². The van der Waals surface area contributed by atoms with Gasteiger partial charge in [0.15, 0.2) is 0 Å². The van der Waals surface area contributed by atoms with Crippen molar-refractivity contribution in [3.05, 3.63) is 35.6 Å². The van der Waals surface area contributed by atoms with Crippen molar-refractivity contribution in [2.45, 2.75) is 32.4 Å². The fourth-order valence-electron chi connectivity index (χ4n) is 2.29. The zero-order chi connectivity index (χ0) is 13.1. The topological polar surface area (TPSA) is 60.4 Å². The van der Waals surface area contributed by atoms with Crippen molar-refractivity contribution < 1.29 is 9.15 Å². The van der Waals surface area contributed by atoms with Crippen LogP contribution in [-0.4, -0.2) is 13.2 Å². The predicted molar refractivity (Wildman–Crippen MR) is 72.1 cm³/mol. The lowest BCUT2D eigenvalue weighted by atomic mass is 10.1. The number of fused-ring (bicyclic) bond motifs is 1. The number of nitrogens with one attached hydrogen (secondary N) is 1. The van der Waals surface area contributed by atoms with Gasteiger partial charge in [0.05, 0.1) is 6.10 Å². The molecule has 1 heterocycles. The summed E-state index contributed by atoms with van der Waals surface area (Å²) in [5, 5.41) is 1.09. The fraction of sp³-hybridized carbons (Fsp3) is 0.429. The van der Waals surface area contributed by atoms with Crippen molar-refractivity contribution in [3.8, 4) is 0 Å². The van der Waals surface area contributed by atoms with Crippen LogP contribution in [0.3, 0.4) is 0 Å². The molecule has 0 radical (unpaired) electrons. The molecular formula is C14H20N2O2. The van der Waals surface area contributed by atoms with Crippen molar-refractivity contribution in [2.75, 3.05) is 7.11 Å². The number of furan rings is 1. The van der Waals surface area contributed by atoms with E-state index in [-0.39, 0.29) is 12.1 Å². The highest BCUT2D eigenvalue weighted by atomic mass is 16.5. The van der Waals surface area contributed by atoms with Gasteiger partial charge >= 0.3 is 0 Å². The molecule has 0 saturated carbocycles. The Labute approximate surface area is 107 Å². The van der Waals surface area contributed by atoms with Gasteiger partial charge in [-0.3, -0.25) is 5.84 Å². The number of hydrazine groups is 1. The average Bonchev–Trinajstić information content (AvgIpc) is 2.80. The molecule has 0 aliphatic carbocycles. The number of hydrogen-bond acceptors (Lipinski definition) is 4. The highest BCUT2D eigenvalue weighted by Gasteiger charge is 2.24. The van der Waals surface area contributed by atoms with Gasteiger partial charge in [-0.15, -0.1) is 0 Å². The van der Waals surface area contributed by atoms with E-state index < -0.39 is 0 Å². The Morgan fingerprint density at radius 2 is 2.22 bits per heavy atom. The number of ether oxygens (including phenoxy) is 1. The van der Waals surface area contributed by atoms with E-state index in [9.17, 15) is 0 Å². The normalized spacial score (nSPS) is 14.9. The lowest BCUT2D eigenvalue weighted by Crippen LogP contribution is -2.37. The molecule has 0 saturated heterocycles. The smallest absolute Gasteiger partial charge is 0.137 e. The summed E-state index contributed by atoms with van der Waals surface area (Å²) in [6.45, 7) is 4.10. The van der Waals surface area contributed by atoms with Gasteiger partial charge in [-0.05, 0) is 25.0 Å². The van der Waals surface area contributed by atoms with Crippen LogP contribution in [0.5, 0.6) is 0 Å². The molecular weight excluding hydrogens is 228 g/mol. The minimum atomic E-state index is -0.133. The first-order valence-corrected chi connectivity index (χ1v) is 6.19. The Kier molecular flexibility index (Phi) is 4.01. The summed E-state index contributed by atoms with van der Waals surface area (Å²) in [6, 6.07) is 7.99. The fourth-order valence-corrected chi connectivity index (χ4v) is 2.29. The summed E-state index contributed by atoms with van der Waals surface area (Å²) in [6.07, 6.45) is 0.859. The van der Waals surface area contributed by atoms with E-state index >= 15 is 0 Å². The first kappa shape index (κ1) is 13.1. The monoisotopic (exact) mass is 248 g/mol. The van der Waals surface area contributed by atoms with E-state index in [0.29, 0.717) is 0 Å². The van der Waals surface area contributed by atoms with Gasteiger partial charge in [0.25, 0.3) is 0 Å². The maximum Gasteiger partial charge on any atom is 0.137 e. The van der Waals surface area contributed by atoms with Gasteiger partial charge in [0, 0.05) is 12.5 Å². The van der Waals surface area contributed by atoms with E-state index in [0.717, 1.165) is 28.7 Å². The SMILES string of the molecule is CCC(OC)C(NN)c1cc2cccc(C)c2o1. The molecule has 98 valence electrons. The summed E-state index contributed by atoms with van der Waals surface area (Å²) in [7, 11) is 1.69. The first-order chi connectivity index (χ1) is 8.71. The maximum absolute atomic E-state index is 5.91. The molecule has 3 N–H and O–H groups in total. The molecule has 1 aromatic carbocycles. The molecule has 4 nitrogen and oxygen atoms in total. The average molecular weight is 248 g/mol.